The largest absolute Gasteiger partial charge is 0.480 e. The predicted octanol–water partition coefficient (Wildman–Crippen LogP) is 2.35. The zero-order valence-electron chi connectivity index (χ0n) is 13.5. The first-order chi connectivity index (χ1) is 9.97. The van der Waals surface area contributed by atoms with E-state index in [1.165, 1.54) is 5.56 Å². The number of rotatable bonds is 6. The molecule has 4 heteroatoms. The summed E-state index contributed by atoms with van der Waals surface area (Å²) < 4.78 is 5.97. The normalized spacial score (nSPS) is 18.6. The first kappa shape index (κ1) is 15.8. The third-order valence-corrected chi connectivity index (χ3v) is 3.73. The van der Waals surface area contributed by atoms with E-state index in [9.17, 15) is 4.79 Å². The Balaban J connectivity index is 2.06. The van der Waals surface area contributed by atoms with Gasteiger partial charge in [0.25, 0.3) is 5.91 Å². The number of nitrogens with one attached hydrogen (secondary N) is 1. The van der Waals surface area contributed by atoms with Crippen LogP contribution in [0.1, 0.15) is 31.4 Å². The minimum atomic E-state index is -0.332. The molecule has 1 amide bonds. The Kier molecular flexibility index (Phi) is 5.23. The average Bonchev–Trinajstić information content (AvgIpc) is 2.73. The van der Waals surface area contributed by atoms with Crippen molar-refractivity contribution in [1.29, 1.82) is 0 Å². The quantitative estimate of drug-likeness (QED) is 0.874. The Morgan fingerprint density at radius 2 is 2.19 bits per heavy atom. The molecular formula is C17H26N2O2. The number of aryl methyl sites for hydroxylation is 1. The van der Waals surface area contributed by atoms with Crippen LogP contribution >= 0.6 is 0 Å². The monoisotopic (exact) mass is 290 g/mol. The molecule has 1 aliphatic heterocycles. The Bertz CT molecular complexity index is 500. The van der Waals surface area contributed by atoms with Gasteiger partial charge in [-0.2, -0.15) is 0 Å². The van der Waals surface area contributed by atoms with Crippen LogP contribution in [0.2, 0.25) is 0 Å². The number of benzene rings is 1. The molecule has 1 N–H and O–H groups in total. The summed E-state index contributed by atoms with van der Waals surface area (Å²) in [5.41, 5.74) is 2.33. The maximum atomic E-state index is 12.0. The number of hydrogen-bond acceptors (Lipinski definition) is 3. The molecule has 116 valence electrons. The van der Waals surface area contributed by atoms with Crippen molar-refractivity contribution in [1.82, 2.24) is 10.2 Å². The molecule has 0 saturated carbocycles. The Hall–Kier alpha value is -1.55. The maximum Gasteiger partial charge on any atom is 0.263 e. The van der Waals surface area contributed by atoms with E-state index in [1.54, 1.807) is 4.90 Å². The van der Waals surface area contributed by atoms with E-state index >= 15 is 0 Å². The highest BCUT2D eigenvalue weighted by Crippen LogP contribution is 2.24. The molecule has 4 nitrogen and oxygen atoms in total. The van der Waals surface area contributed by atoms with Crippen molar-refractivity contribution >= 4 is 5.91 Å². The third-order valence-electron chi connectivity index (χ3n) is 3.73. The van der Waals surface area contributed by atoms with Gasteiger partial charge in [-0.15, -0.1) is 0 Å². The van der Waals surface area contributed by atoms with Crippen molar-refractivity contribution in [2.24, 2.45) is 5.92 Å². The fraction of sp³-hybridized carbons (Fsp3) is 0.588. The molecule has 1 aliphatic rings. The lowest BCUT2D eigenvalue weighted by molar-refractivity contribution is -0.132. The Morgan fingerprint density at radius 3 is 2.81 bits per heavy atom. The second kappa shape index (κ2) is 6.94. The van der Waals surface area contributed by atoms with Gasteiger partial charge in [0.15, 0.2) is 6.10 Å². The molecule has 1 unspecified atom stereocenters. The highest BCUT2D eigenvalue weighted by Gasteiger charge is 2.31. The molecular weight excluding hydrogens is 264 g/mol. The van der Waals surface area contributed by atoms with Crippen molar-refractivity contribution in [2.45, 2.75) is 39.8 Å². The summed E-state index contributed by atoms with van der Waals surface area (Å²) in [5.74, 6) is 1.52. The molecule has 0 radical (unpaired) electrons. The molecule has 0 aromatic heterocycles. The molecule has 21 heavy (non-hydrogen) atoms. The molecule has 2 rings (SSSR count). The molecule has 1 fully saturated rings. The van der Waals surface area contributed by atoms with Crippen LogP contribution in [0.15, 0.2) is 18.2 Å². The summed E-state index contributed by atoms with van der Waals surface area (Å²) in [5, 5.41) is 3.44. The van der Waals surface area contributed by atoms with Gasteiger partial charge >= 0.3 is 0 Å². The number of amides is 1. The lowest BCUT2D eigenvalue weighted by atomic mass is 10.1. The Labute approximate surface area is 127 Å². The number of carbonyl (C=O) groups is 1. The van der Waals surface area contributed by atoms with Crippen LogP contribution in [0.4, 0.5) is 0 Å². The minimum Gasteiger partial charge on any atom is -0.480 e. The molecule has 1 heterocycles. The van der Waals surface area contributed by atoms with Gasteiger partial charge in [-0.1, -0.05) is 31.5 Å². The number of nitrogens with zero attached hydrogens (tertiary/aromatic N) is 1. The van der Waals surface area contributed by atoms with Crippen LogP contribution in [0.5, 0.6) is 5.75 Å². The third kappa shape index (κ3) is 4.21. The summed E-state index contributed by atoms with van der Waals surface area (Å²) >= 11 is 0. The van der Waals surface area contributed by atoms with Crippen molar-refractivity contribution in [3.8, 4) is 5.75 Å². The van der Waals surface area contributed by atoms with Crippen LogP contribution in [0, 0.1) is 12.8 Å². The van der Waals surface area contributed by atoms with E-state index in [-0.39, 0.29) is 12.0 Å². The summed E-state index contributed by atoms with van der Waals surface area (Å²) in [6.45, 7) is 8.96. The number of carbonyl (C=O) groups excluding carboxylic acids is 1. The van der Waals surface area contributed by atoms with Crippen LogP contribution in [-0.2, 0) is 11.3 Å². The van der Waals surface area contributed by atoms with Crippen LogP contribution < -0.4 is 10.1 Å². The predicted molar refractivity (Wildman–Crippen MR) is 84.4 cm³/mol. The van der Waals surface area contributed by atoms with Crippen molar-refractivity contribution < 1.29 is 9.53 Å². The van der Waals surface area contributed by atoms with Crippen LogP contribution in [0.25, 0.3) is 0 Å². The summed E-state index contributed by atoms with van der Waals surface area (Å²) in [4.78, 5) is 13.7. The lowest BCUT2D eigenvalue weighted by Crippen LogP contribution is -2.30. The van der Waals surface area contributed by atoms with Gasteiger partial charge in [0.1, 0.15) is 5.75 Å². The van der Waals surface area contributed by atoms with Gasteiger partial charge in [0.2, 0.25) is 0 Å². The highest BCUT2D eigenvalue weighted by atomic mass is 16.5. The second-order valence-electron chi connectivity index (χ2n) is 6.29. The highest BCUT2D eigenvalue weighted by molar-refractivity contribution is 5.83. The molecule has 0 spiro atoms. The number of likely N-dealkylation sites (N-methyl/N-ethyl adjacent to an activating group) is 1. The standard InChI is InChI=1S/C17H26N2O2/c1-12(2)10-18-11-14-9-13(3)5-6-15(14)21-16-7-8-19(4)17(16)20/h5-6,9,12,16,18H,7-8,10-11H2,1-4H3. The molecule has 1 saturated heterocycles. The average molecular weight is 290 g/mol. The maximum absolute atomic E-state index is 12.0. The van der Waals surface area contributed by atoms with Crippen LogP contribution in [-0.4, -0.2) is 37.0 Å². The zero-order chi connectivity index (χ0) is 15.4. The van der Waals surface area contributed by atoms with Crippen molar-refractivity contribution in [2.75, 3.05) is 20.1 Å². The number of likely N-dealkylation sites (tertiary alicyclic amines) is 1. The molecule has 1 atom stereocenters. The van der Waals surface area contributed by atoms with Crippen molar-refractivity contribution in [3.05, 3.63) is 29.3 Å². The number of hydrogen-bond donors (Lipinski definition) is 1. The summed E-state index contributed by atoms with van der Waals surface area (Å²) in [6.07, 6.45) is 0.434. The van der Waals surface area contributed by atoms with Gasteiger partial charge in [-0.25, -0.2) is 0 Å². The van der Waals surface area contributed by atoms with E-state index < -0.39 is 0 Å². The second-order valence-corrected chi connectivity index (χ2v) is 6.29. The first-order valence-corrected chi connectivity index (χ1v) is 7.69. The molecule has 0 aliphatic carbocycles. The minimum absolute atomic E-state index is 0.0802. The van der Waals surface area contributed by atoms with Crippen molar-refractivity contribution in [3.63, 3.8) is 0 Å². The van der Waals surface area contributed by atoms with E-state index in [1.807, 2.05) is 19.2 Å². The van der Waals surface area contributed by atoms with Gasteiger partial charge in [0, 0.05) is 32.1 Å². The van der Waals surface area contributed by atoms with Gasteiger partial charge in [-0.3, -0.25) is 4.79 Å². The zero-order valence-corrected chi connectivity index (χ0v) is 13.5. The smallest absolute Gasteiger partial charge is 0.263 e. The lowest BCUT2D eigenvalue weighted by Gasteiger charge is -2.17. The van der Waals surface area contributed by atoms with E-state index in [4.69, 9.17) is 4.74 Å². The SMILES string of the molecule is Cc1ccc(OC2CCN(C)C2=O)c(CNCC(C)C)c1. The Morgan fingerprint density at radius 1 is 1.43 bits per heavy atom. The van der Waals surface area contributed by atoms with E-state index in [2.05, 4.69) is 32.2 Å². The fourth-order valence-corrected chi connectivity index (χ4v) is 2.51. The van der Waals surface area contributed by atoms with E-state index in [0.29, 0.717) is 5.92 Å². The first-order valence-electron chi connectivity index (χ1n) is 7.69. The molecule has 1 aromatic rings. The summed E-state index contributed by atoms with van der Waals surface area (Å²) in [6, 6.07) is 6.14. The van der Waals surface area contributed by atoms with Gasteiger partial charge in [0.05, 0.1) is 0 Å². The topological polar surface area (TPSA) is 41.6 Å². The van der Waals surface area contributed by atoms with Gasteiger partial charge < -0.3 is 15.0 Å². The molecule has 0 bridgehead atoms. The van der Waals surface area contributed by atoms with E-state index in [0.717, 1.165) is 37.4 Å². The fourth-order valence-electron chi connectivity index (χ4n) is 2.51. The molecule has 1 aromatic carbocycles. The summed E-state index contributed by atoms with van der Waals surface area (Å²) in [7, 11) is 1.83. The van der Waals surface area contributed by atoms with Gasteiger partial charge in [-0.05, 0) is 25.5 Å². The number of ether oxygens (including phenoxy) is 1. The van der Waals surface area contributed by atoms with Crippen LogP contribution in [0.3, 0.4) is 0 Å².